The monoisotopic (exact) mass is 368 g/mol. The third-order valence-corrected chi connectivity index (χ3v) is 0.750. The summed E-state index contributed by atoms with van der Waals surface area (Å²) in [7, 11) is -15.5. The summed E-state index contributed by atoms with van der Waals surface area (Å²) in [5, 5.41) is 0. The molecule has 0 fully saturated rings. The first-order valence-corrected chi connectivity index (χ1v) is 6.21. The van der Waals surface area contributed by atoms with Gasteiger partial charge in [-0.25, -0.2) is 25.3 Å². The molecule has 0 aromatic rings. The average molecular weight is 368 g/mol. The summed E-state index contributed by atoms with van der Waals surface area (Å²) in [6.07, 6.45) is 0. The van der Waals surface area contributed by atoms with E-state index in [1.165, 1.54) is 0 Å². The van der Waals surface area contributed by atoms with Crippen LogP contribution in [-0.2, 0) is 56.9 Å². The molecule has 0 unspecified atom stereocenters. The van der Waals surface area contributed by atoms with E-state index in [1.807, 2.05) is 0 Å². The van der Waals surface area contributed by atoms with Gasteiger partial charge in [0.2, 0.25) is 31.2 Å². The molecule has 100 valence electrons. The normalized spacial score (nSPS) is 11.3. The van der Waals surface area contributed by atoms with Gasteiger partial charge in [-0.15, -0.1) is 8.67 Å². The Morgan fingerprint density at radius 1 is 0.765 bits per heavy atom. The summed E-state index contributed by atoms with van der Waals surface area (Å²) in [5.74, 6) is 0. The van der Waals surface area contributed by atoms with Crippen LogP contribution >= 0.6 is 0 Å². The first-order chi connectivity index (χ1) is 6.21. The molecule has 0 saturated carbocycles. The van der Waals surface area contributed by atoms with E-state index in [9.17, 15) is 25.9 Å². The Balaban J connectivity index is -0.000000105. The van der Waals surface area contributed by atoms with Crippen LogP contribution in [0, 0.1) is 0 Å². The van der Waals surface area contributed by atoms with Crippen LogP contribution in [0.25, 0.3) is 0 Å². The van der Waals surface area contributed by atoms with E-state index in [2.05, 4.69) is 8.67 Å². The van der Waals surface area contributed by atoms with Crippen LogP contribution < -0.4 is 29.6 Å². The van der Waals surface area contributed by atoms with Gasteiger partial charge < -0.3 is 13.7 Å². The van der Waals surface area contributed by atoms with E-state index in [4.69, 9.17) is 17.5 Å². The maximum Gasteiger partial charge on any atom is 2.00 e. The van der Waals surface area contributed by atoms with Crippen LogP contribution in [0.2, 0.25) is 0 Å². The van der Waals surface area contributed by atoms with Gasteiger partial charge in [0, 0.05) is 0 Å². The van der Waals surface area contributed by atoms with Crippen molar-refractivity contribution in [3.05, 3.63) is 0 Å². The third kappa shape index (κ3) is 59.3. The first-order valence-electron chi connectivity index (χ1n) is 2.18. The number of rotatable bonds is 3. The van der Waals surface area contributed by atoms with Crippen molar-refractivity contribution in [2.45, 2.75) is 0 Å². The van der Waals surface area contributed by atoms with E-state index in [0.29, 0.717) is 0 Å². The van der Waals surface area contributed by atoms with Crippen molar-refractivity contribution in [1.29, 1.82) is 0 Å². The summed E-state index contributed by atoms with van der Waals surface area (Å²) in [5.41, 5.74) is 0. The van der Waals surface area contributed by atoms with Crippen LogP contribution in [0.4, 0.5) is 0 Å². The molecule has 0 aliphatic carbocycles. The maximum absolute atomic E-state index is 9.37. The molecule has 1 N–H and O–H groups in total. The Hall–Kier alpha value is 1.13. The summed E-state index contributed by atoms with van der Waals surface area (Å²) in [6, 6.07) is 0. The van der Waals surface area contributed by atoms with Gasteiger partial charge >= 0.3 is 46.6 Å². The topological polar surface area (TPSA) is 210 Å². The Morgan fingerprint density at radius 3 is 0.941 bits per heavy atom. The second-order valence-electron chi connectivity index (χ2n) is 1.38. The molecule has 0 saturated heterocycles. The molecule has 0 aromatic heterocycles. The predicted molar refractivity (Wildman–Crippen MR) is 33.9 cm³/mol. The van der Waals surface area contributed by atoms with Gasteiger partial charge in [0.1, 0.15) is 0 Å². The molecule has 17 heteroatoms. The third-order valence-electron chi connectivity index (χ3n) is 0.194. The zero-order valence-electron chi connectivity index (χ0n) is 7.52. The molecule has 0 aliphatic rings. The molecule has 0 atom stereocenters. The molecular formula is HFeNaO12S3. The molecular weight excluding hydrogens is 367 g/mol. The average Bonchev–Trinajstić information content (AvgIpc) is 1.76. The smallest absolute Gasteiger partial charge is 0.726 e. The Kier molecular flexibility index (Phi) is 15.6. The van der Waals surface area contributed by atoms with E-state index < -0.39 is 31.2 Å². The summed E-state index contributed by atoms with van der Waals surface area (Å²) in [6.45, 7) is 0. The SMILES string of the molecule is O=S(=O)([O-])O.O=S(=O)([O-])OOS(=O)(=O)[O-].[Fe+2].[Na+]. The van der Waals surface area contributed by atoms with Gasteiger partial charge in [-0.3, -0.25) is 4.55 Å². The predicted octanol–water partition coefficient (Wildman–Crippen LogP) is -6.14. The van der Waals surface area contributed by atoms with Crippen molar-refractivity contribution in [1.82, 2.24) is 0 Å². The molecule has 0 amide bonds. The van der Waals surface area contributed by atoms with Gasteiger partial charge in [-0.05, 0) is 0 Å². The second kappa shape index (κ2) is 9.98. The largest absolute Gasteiger partial charge is 2.00 e. The van der Waals surface area contributed by atoms with Gasteiger partial charge in [-0.1, -0.05) is 0 Å². The summed E-state index contributed by atoms with van der Waals surface area (Å²) in [4.78, 5) is 0. The first kappa shape index (κ1) is 26.6. The van der Waals surface area contributed by atoms with Crippen LogP contribution in [0.3, 0.4) is 0 Å². The molecule has 0 rings (SSSR count). The van der Waals surface area contributed by atoms with Crippen molar-refractivity contribution in [3.63, 3.8) is 0 Å². The molecule has 0 aliphatic heterocycles. The van der Waals surface area contributed by atoms with Crippen molar-refractivity contribution < 1.29 is 98.8 Å². The minimum absolute atomic E-state index is 0. The van der Waals surface area contributed by atoms with Crippen LogP contribution in [-0.4, -0.2) is 43.5 Å². The zero-order chi connectivity index (χ0) is 12.9. The van der Waals surface area contributed by atoms with E-state index in [-0.39, 0.29) is 46.6 Å². The number of hydrogen-bond acceptors (Lipinski definition) is 11. The maximum atomic E-state index is 9.37. The summed E-state index contributed by atoms with van der Waals surface area (Å²) >= 11 is 0. The fourth-order valence-electron chi connectivity index (χ4n) is 0.0680. The van der Waals surface area contributed by atoms with Gasteiger partial charge in [-0.2, -0.15) is 0 Å². The molecule has 0 radical (unpaired) electrons. The molecule has 0 aromatic carbocycles. The molecule has 17 heavy (non-hydrogen) atoms. The van der Waals surface area contributed by atoms with Crippen LogP contribution in [0.1, 0.15) is 0 Å². The number of hydrogen-bond donors (Lipinski definition) is 1. The minimum Gasteiger partial charge on any atom is -0.726 e. The van der Waals surface area contributed by atoms with Gasteiger partial charge in [0.05, 0.1) is 0 Å². The van der Waals surface area contributed by atoms with Gasteiger partial charge in [0.25, 0.3) is 0 Å². The van der Waals surface area contributed by atoms with E-state index >= 15 is 0 Å². The van der Waals surface area contributed by atoms with Crippen molar-refractivity contribution in [2.24, 2.45) is 0 Å². The Morgan fingerprint density at radius 2 is 0.882 bits per heavy atom. The zero-order valence-corrected chi connectivity index (χ0v) is 13.1. The van der Waals surface area contributed by atoms with Crippen molar-refractivity contribution in [3.8, 4) is 0 Å². The Labute approximate surface area is 129 Å². The fraction of sp³-hybridized carbons (Fsp3) is 0. The standard InChI is InChI=1S/Fe.Na.H2O8S2.H2O4S/c;;1-9(2,3)7-8-10(4,5)6;1-5(2,3)4/h;;(H,1,2,3)(H,4,5,6);(H2,1,2,3,4)/q+2;+1;;/p-3. The Bertz CT molecular complexity index is 426. The quantitative estimate of drug-likeness (QED) is 0.162. The van der Waals surface area contributed by atoms with Crippen LogP contribution in [0.5, 0.6) is 0 Å². The molecule has 0 spiro atoms. The van der Waals surface area contributed by atoms with Crippen molar-refractivity contribution >= 4 is 31.2 Å². The molecule has 0 bridgehead atoms. The molecule has 0 heterocycles. The van der Waals surface area contributed by atoms with E-state index in [0.717, 1.165) is 0 Å². The van der Waals surface area contributed by atoms with Crippen molar-refractivity contribution in [2.75, 3.05) is 0 Å². The minimum atomic E-state index is -5.31. The molecule has 12 nitrogen and oxygen atoms in total. The summed E-state index contributed by atoms with van der Waals surface area (Å²) < 4.78 is 94.3. The fourth-order valence-corrected chi connectivity index (χ4v) is 0.612. The van der Waals surface area contributed by atoms with Gasteiger partial charge in [0.15, 0.2) is 0 Å². The van der Waals surface area contributed by atoms with Crippen LogP contribution in [0.15, 0.2) is 0 Å². The second-order valence-corrected chi connectivity index (χ2v) is 4.14. The van der Waals surface area contributed by atoms with E-state index in [1.54, 1.807) is 0 Å².